The Hall–Kier alpha value is -1.63. The van der Waals surface area contributed by atoms with Gasteiger partial charge in [0.1, 0.15) is 0 Å². The molecule has 0 saturated carbocycles. The molecule has 0 bridgehead atoms. The Morgan fingerprint density at radius 2 is 1.72 bits per heavy atom. The number of nitrogens with one attached hydrogen (secondary N) is 2. The summed E-state index contributed by atoms with van der Waals surface area (Å²) in [6, 6.07) is 7.40. The number of hydrogen-bond acceptors (Lipinski definition) is 4. The van der Waals surface area contributed by atoms with Crippen molar-refractivity contribution >= 4 is 29.1 Å². The average Bonchev–Trinajstić information content (AvgIpc) is 2.55. The first-order valence-corrected chi connectivity index (χ1v) is 9.10. The predicted molar refractivity (Wildman–Crippen MR) is 101 cm³/mol. The third-order valence-electron chi connectivity index (χ3n) is 4.08. The van der Waals surface area contributed by atoms with E-state index in [2.05, 4.69) is 20.4 Å². The molecule has 6 nitrogen and oxygen atoms in total. The van der Waals surface area contributed by atoms with Crippen LogP contribution in [0.2, 0.25) is 5.02 Å². The van der Waals surface area contributed by atoms with Gasteiger partial charge in [-0.1, -0.05) is 23.7 Å². The second kappa shape index (κ2) is 9.75. The van der Waals surface area contributed by atoms with Crippen LogP contribution < -0.4 is 10.6 Å². The van der Waals surface area contributed by atoms with Crippen LogP contribution in [0.3, 0.4) is 0 Å². The van der Waals surface area contributed by atoms with Gasteiger partial charge in [0.05, 0.1) is 17.3 Å². The maximum Gasteiger partial charge on any atom is 0.234 e. The molecule has 0 radical (unpaired) electrons. The van der Waals surface area contributed by atoms with Crippen LogP contribution in [0, 0.1) is 0 Å². The van der Waals surface area contributed by atoms with E-state index in [1.807, 2.05) is 26.0 Å². The van der Waals surface area contributed by atoms with Crippen molar-refractivity contribution in [3.8, 4) is 0 Å². The lowest BCUT2D eigenvalue weighted by atomic mass is 10.2. The van der Waals surface area contributed by atoms with Gasteiger partial charge in [-0.3, -0.25) is 14.5 Å². The molecule has 1 aliphatic rings. The molecule has 1 aromatic carbocycles. The number of piperazine rings is 1. The van der Waals surface area contributed by atoms with Gasteiger partial charge in [-0.05, 0) is 26.0 Å². The molecule has 0 unspecified atom stereocenters. The topological polar surface area (TPSA) is 64.7 Å². The number of rotatable bonds is 7. The van der Waals surface area contributed by atoms with Crippen molar-refractivity contribution in [1.82, 2.24) is 15.1 Å². The van der Waals surface area contributed by atoms with E-state index in [9.17, 15) is 9.59 Å². The van der Waals surface area contributed by atoms with Gasteiger partial charge in [0, 0.05) is 45.2 Å². The summed E-state index contributed by atoms with van der Waals surface area (Å²) < 4.78 is 0. The Morgan fingerprint density at radius 3 is 2.36 bits per heavy atom. The van der Waals surface area contributed by atoms with Crippen molar-refractivity contribution in [2.45, 2.75) is 26.3 Å². The van der Waals surface area contributed by atoms with E-state index >= 15 is 0 Å². The SMILES string of the molecule is CC(C)NC(=O)CN1CCN(CCC(=O)Nc2ccccc2Cl)CC1. The Labute approximate surface area is 154 Å². The van der Waals surface area contributed by atoms with Crippen molar-refractivity contribution in [2.24, 2.45) is 0 Å². The fraction of sp³-hybridized carbons (Fsp3) is 0.556. The molecule has 0 aromatic heterocycles. The van der Waals surface area contributed by atoms with Crippen LogP contribution in [-0.2, 0) is 9.59 Å². The molecule has 1 saturated heterocycles. The third kappa shape index (κ3) is 7.02. The van der Waals surface area contributed by atoms with Gasteiger partial charge in [0.15, 0.2) is 0 Å². The molecule has 7 heteroatoms. The molecule has 2 rings (SSSR count). The summed E-state index contributed by atoms with van der Waals surface area (Å²) in [5.41, 5.74) is 0.648. The number of para-hydroxylation sites is 1. The van der Waals surface area contributed by atoms with Crippen molar-refractivity contribution in [3.05, 3.63) is 29.3 Å². The van der Waals surface area contributed by atoms with Crippen molar-refractivity contribution in [1.29, 1.82) is 0 Å². The zero-order valence-corrected chi connectivity index (χ0v) is 15.7. The zero-order valence-electron chi connectivity index (χ0n) is 14.9. The van der Waals surface area contributed by atoms with Crippen molar-refractivity contribution in [2.75, 3.05) is 44.6 Å². The Balaban J connectivity index is 1.66. The molecule has 0 spiro atoms. The summed E-state index contributed by atoms with van der Waals surface area (Å²) in [6.45, 7) is 8.51. The first-order chi connectivity index (χ1) is 11.9. The molecule has 2 N–H and O–H groups in total. The molecule has 1 aromatic rings. The normalized spacial score (nSPS) is 16.0. The quantitative estimate of drug-likeness (QED) is 0.772. The average molecular weight is 367 g/mol. The molecule has 138 valence electrons. The van der Waals surface area contributed by atoms with Crippen molar-refractivity contribution < 1.29 is 9.59 Å². The molecule has 0 atom stereocenters. The molecule has 1 aliphatic heterocycles. The van der Waals surface area contributed by atoms with Crippen LogP contribution in [0.1, 0.15) is 20.3 Å². The van der Waals surface area contributed by atoms with E-state index in [4.69, 9.17) is 11.6 Å². The predicted octanol–water partition coefficient (Wildman–Crippen LogP) is 1.81. The summed E-state index contributed by atoms with van der Waals surface area (Å²) in [6.07, 6.45) is 0.430. The van der Waals surface area contributed by atoms with Gasteiger partial charge in [-0.25, -0.2) is 0 Å². The molecule has 1 heterocycles. The standard InChI is InChI=1S/C18H27ClN4O2/c1-14(2)20-18(25)13-23-11-9-22(10-12-23)8-7-17(24)21-16-6-4-3-5-15(16)19/h3-6,14H,7-13H2,1-2H3,(H,20,25)(H,21,24). The number of carbonyl (C=O) groups is 2. The maximum absolute atomic E-state index is 12.1. The van der Waals surface area contributed by atoms with Gasteiger partial charge in [0.25, 0.3) is 0 Å². The zero-order chi connectivity index (χ0) is 18.2. The summed E-state index contributed by atoms with van der Waals surface area (Å²) in [7, 11) is 0. The largest absolute Gasteiger partial charge is 0.353 e. The summed E-state index contributed by atoms with van der Waals surface area (Å²) in [5, 5.41) is 6.30. The summed E-state index contributed by atoms with van der Waals surface area (Å²) in [5.74, 6) is 0.0365. The van der Waals surface area contributed by atoms with Crippen LogP contribution >= 0.6 is 11.6 Å². The van der Waals surface area contributed by atoms with Gasteiger partial charge in [-0.15, -0.1) is 0 Å². The van der Waals surface area contributed by atoms with Crippen LogP contribution in [0.5, 0.6) is 0 Å². The van der Waals surface area contributed by atoms with Crippen molar-refractivity contribution in [3.63, 3.8) is 0 Å². The molecule has 0 aliphatic carbocycles. The maximum atomic E-state index is 12.1. The lowest BCUT2D eigenvalue weighted by Crippen LogP contribution is -2.50. The number of amides is 2. The van der Waals surface area contributed by atoms with Crippen LogP contribution in [0.25, 0.3) is 0 Å². The number of halogens is 1. The van der Waals surface area contributed by atoms with E-state index < -0.39 is 0 Å². The van der Waals surface area contributed by atoms with E-state index in [1.54, 1.807) is 12.1 Å². The monoisotopic (exact) mass is 366 g/mol. The third-order valence-corrected chi connectivity index (χ3v) is 4.41. The molecule has 25 heavy (non-hydrogen) atoms. The molecular formula is C18H27ClN4O2. The van der Waals surface area contributed by atoms with Gasteiger partial charge >= 0.3 is 0 Å². The first-order valence-electron chi connectivity index (χ1n) is 8.72. The highest BCUT2D eigenvalue weighted by atomic mass is 35.5. The second-order valence-corrected chi connectivity index (χ2v) is 7.03. The minimum atomic E-state index is -0.0353. The first kappa shape index (κ1) is 19.7. The Kier molecular flexibility index (Phi) is 7.68. The Morgan fingerprint density at radius 1 is 1.08 bits per heavy atom. The van der Waals surface area contributed by atoms with Gasteiger partial charge in [-0.2, -0.15) is 0 Å². The number of carbonyl (C=O) groups excluding carboxylic acids is 2. The fourth-order valence-corrected chi connectivity index (χ4v) is 2.96. The smallest absolute Gasteiger partial charge is 0.234 e. The van der Waals surface area contributed by atoms with Crippen LogP contribution in [0.15, 0.2) is 24.3 Å². The highest BCUT2D eigenvalue weighted by Gasteiger charge is 2.19. The molecular weight excluding hydrogens is 340 g/mol. The lowest BCUT2D eigenvalue weighted by molar-refractivity contribution is -0.123. The minimum Gasteiger partial charge on any atom is -0.353 e. The number of anilines is 1. The van der Waals surface area contributed by atoms with E-state index in [1.165, 1.54) is 0 Å². The second-order valence-electron chi connectivity index (χ2n) is 6.62. The number of nitrogens with zero attached hydrogens (tertiary/aromatic N) is 2. The van der Waals surface area contributed by atoms with Gasteiger partial charge < -0.3 is 15.5 Å². The highest BCUT2D eigenvalue weighted by Crippen LogP contribution is 2.20. The summed E-state index contributed by atoms with van der Waals surface area (Å²) in [4.78, 5) is 28.3. The number of benzene rings is 1. The van der Waals surface area contributed by atoms with Gasteiger partial charge in [0.2, 0.25) is 11.8 Å². The van der Waals surface area contributed by atoms with E-state index in [-0.39, 0.29) is 17.9 Å². The highest BCUT2D eigenvalue weighted by molar-refractivity contribution is 6.33. The van der Waals surface area contributed by atoms with E-state index in [0.717, 1.165) is 26.2 Å². The number of hydrogen-bond donors (Lipinski definition) is 2. The van der Waals surface area contributed by atoms with Crippen LogP contribution in [0.4, 0.5) is 5.69 Å². The molecule has 1 fully saturated rings. The minimum absolute atomic E-state index is 0.0353. The lowest BCUT2D eigenvalue weighted by Gasteiger charge is -2.34. The Bertz CT molecular complexity index is 586. The van der Waals surface area contributed by atoms with Crippen LogP contribution in [-0.4, -0.2) is 66.9 Å². The summed E-state index contributed by atoms with van der Waals surface area (Å²) >= 11 is 6.04. The molecule has 2 amide bonds. The fourth-order valence-electron chi connectivity index (χ4n) is 2.78. The van der Waals surface area contributed by atoms with E-state index in [0.29, 0.717) is 30.2 Å².